The number of hydrogen-bond acceptors (Lipinski definition) is 3. The molecule has 0 radical (unpaired) electrons. The largest absolute Gasteiger partial charge is 0.326 e. The van der Waals surface area contributed by atoms with Crippen LogP contribution in [-0.2, 0) is 16.0 Å². The number of nitrogens with zero attached hydrogens (tertiary/aromatic N) is 1. The molecule has 3 N–H and O–H groups in total. The number of halogens is 1. The van der Waals surface area contributed by atoms with Gasteiger partial charge < -0.3 is 16.0 Å². The van der Waals surface area contributed by atoms with Crippen LogP contribution in [0.15, 0.2) is 54.6 Å². The van der Waals surface area contributed by atoms with Crippen LogP contribution in [0.3, 0.4) is 0 Å². The van der Waals surface area contributed by atoms with Crippen LogP contribution < -0.4 is 16.0 Å². The number of para-hydroxylation sites is 1. The highest BCUT2D eigenvalue weighted by atomic mass is 35.5. The fourth-order valence-corrected chi connectivity index (χ4v) is 4.11. The monoisotopic (exact) mass is 429 g/mol. The Balaban J connectivity index is 0.00000320. The van der Waals surface area contributed by atoms with Gasteiger partial charge in [0.2, 0.25) is 11.8 Å². The lowest BCUT2D eigenvalue weighted by molar-refractivity contribution is -0.123. The number of nitrogens with one attached hydrogen (secondary N) is 1. The molecule has 2 amide bonds. The molecule has 2 aromatic carbocycles. The average molecular weight is 430 g/mol. The van der Waals surface area contributed by atoms with Gasteiger partial charge in [-0.05, 0) is 56.5 Å². The zero-order valence-electron chi connectivity index (χ0n) is 17.8. The van der Waals surface area contributed by atoms with E-state index in [1.807, 2.05) is 68.4 Å². The van der Waals surface area contributed by atoms with E-state index < -0.39 is 5.54 Å². The van der Waals surface area contributed by atoms with Gasteiger partial charge in [0.15, 0.2) is 0 Å². The zero-order valence-corrected chi connectivity index (χ0v) is 18.6. The van der Waals surface area contributed by atoms with Crippen LogP contribution in [0.1, 0.15) is 45.1 Å². The number of likely N-dealkylation sites (N-methyl/N-ethyl adjacent to an activating group) is 1. The zero-order chi connectivity index (χ0) is 20.9. The minimum Gasteiger partial charge on any atom is -0.326 e. The highest BCUT2D eigenvalue weighted by Crippen LogP contribution is 2.32. The normalized spacial score (nSPS) is 20.7. The van der Waals surface area contributed by atoms with Crippen molar-refractivity contribution in [1.29, 1.82) is 0 Å². The fraction of sp³-hybridized carbons (Fsp3) is 0.417. The van der Waals surface area contributed by atoms with Crippen LogP contribution in [0.4, 0.5) is 11.4 Å². The first-order valence-corrected chi connectivity index (χ1v) is 10.4. The molecule has 1 aliphatic carbocycles. The Hall–Kier alpha value is -2.37. The van der Waals surface area contributed by atoms with E-state index in [1.165, 1.54) is 0 Å². The van der Waals surface area contributed by atoms with Gasteiger partial charge in [0.25, 0.3) is 0 Å². The predicted molar refractivity (Wildman–Crippen MR) is 125 cm³/mol. The highest BCUT2D eigenvalue weighted by molar-refractivity contribution is 5.95. The Kier molecular flexibility index (Phi) is 8.44. The summed E-state index contributed by atoms with van der Waals surface area (Å²) in [6, 6.07) is 17.2. The minimum atomic E-state index is -0.449. The van der Waals surface area contributed by atoms with Gasteiger partial charge in [-0.25, -0.2) is 0 Å². The molecule has 1 fully saturated rings. The van der Waals surface area contributed by atoms with Crippen molar-refractivity contribution in [1.82, 2.24) is 0 Å². The Morgan fingerprint density at radius 3 is 2.37 bits per heavy atom. The van der Waals surface area contributed by atoms with E-state index in [2.05, 4.69) is 5.32 Å². The third kappa shape index (κ3) is 5.83. The summed E-state index contributed by atoms with van der Waals surface area (Å²) in [5.74, 6) is -0.127. The molecular weight excluding hydrogens is 398 g/mol. The molecule has 5 nitrogen and oxygen atoms in total. The maximum atomic E-state index is 12.7. The molecule has 0 saturated heterocycles. The molecule has 6 heteroatoms. The van der Waals surface area contributed by atoms with E-state index in [0.29, 0.717) is 13.0 Å². The van der Waals surface area contributed by atoms with Crippen LogP contribution in [0, 0.1) is 5.92 Å². The summed E-state index contributed by atoms with van der Waals surface area (Å²) < 4.78 is 0. The second-order valence-corrected chi connectivity index (χ2v) is 8.14. The van der Waals surface area contributed by atoms with Crippen molar-refractivity contribution in [3.05, 3.63) is 60.2 Å². The van der Waals surface area contributed by atoms with Crippen LogP contribution in [0.25, 0.3) is 0 Å². The summed E-state index contributed by atoms with van der Waals surface area (Å²) in [5.41, 5.74) is 8.46. The van der Waals surface area contributed by atoms with Crippen LogP contribution >= 0.6 is 12.4 Å². The lowest BCUT2D eigenvalue weighted by Crippen LogP contribution is -2.51. The molecule has 2 atom stereocenters. The Labute approximate surface area is 185 Å². The fourth-order valence-electron chi connectivity index (χ4n) is 4.11. The summed E-state index contributed by atoms with van der Waals surface area (Å²) in [5, 5.41) is 2.99. The van der Waals surface area contributed by atoms with Crippen LogP contribution in [0.5, 0.6) is 0 Å². The number of benzene rings is 2. The van der Waals surface area contributed by atoms with Crippen molar-refractivity contribution in [2.45, 2.75) is 51.5 Å². The topological polar surface area (TPSA) is 75.4 Å². The summed E-state index contributed by atoms with van der Waals surface area (Å²) >= 11 is 0. The molecule has 2 unspecified atom stereocenters. The summed E-state index contributed by atoms with van der Waals surface area (Å²) in [7, 11) is 0. The molecule has 1 saturated carbocycles. The first-order valence-electron chi connectivity index (χ1n) is 10.4. The quantitative estimate of drug-likeness (QED) is 0.707. The number of nitrogens with two attached hydrogens (primary N) is 1. The summed E-state index contributed by atoms with van der Waals surface area (Å²) in [4.78, 5) is 27.2. The van der Waals surface area contributed by atoms with Crippen molar-refractivity contribution < 1.29 is 9.59 Å². The summed E-state index contributed by atoms with van der Waals surface area (Å²) in [6.45, 7) is 4.56. The van der Waals surface area contributed by atoms with E-state index in [0.717, 1.165) is 42.6 Å². The molecule has 0 aliphatic heterocycles. The Bertz CT molecular complexity index is 837. The molecule has 162 valence electrons. The first kappa shape index (κ1) is 23.9. The summed E-state index contributed by atoms with van der Waals surface area (Å²) in [6.07, 6.45) is 4.15. The smallest absolute Gasteiger partial charge is 0.231 e. The van der Waals surface area contributed by atoms with Gasteiger partial charge in [0.1, 0.15) is 0 Å². The third-order valence-electron chi connectivity index (χ3n) is 5.83. The molecule has 0 aromatic heterocycles. The van der Waals surface area contributed by atoms with Crippen molar-refractivity contribution in [2.75, 3.05) is 16.8 Å². The Morgan fingerprint density at radius 1 is 1.10 bits per heavy atom. The second kappa shape index (κ2) is 10.6. The van der Waals surface area contributed by atoms with Gasteiger partial charge in [-0.2, -0.15) is 0 Å². The van der Waals surface area contributed by atoms with Gasteiger partial charge in [-0.3, -0.25) is 9.59 Å². The maximum Gasteiger partial charge on any atom is 0.231 e. The van der Waals surface area contributed by atoms with E-state index >= 15 is 0 Å². The minimum absolute atomic E-state index is 0. The molecule has 1 aliphatic rings. The van der Waals surface area contributed by atoms with Crippen LogP contribution in [0.2, 0.25) is 0 Å². The van der Waals surface area contributed by atoms with E-state index in [1.54, 1.807) is 4.90 Å². The SMILES string of the molecule is CCN(C(=O)Cc1ccc(NC(=O)C2CCCCC2(C)N)cc1)c1ccccc1.Cl. The second-order valence-electron chi connectivity index (χ2n) is 8.14. The van der Waals surface area contributed by atoms with Crippen molar-refractivity contribution in [3.8, 4) is 0 Å². The number of carbonyl (C=O) groups is 2. The standard InChI is InChI=1S/C24H31N3O2.ClH/c1-3-27(20-9-5-4-6-10-20)22(28)17-18-12-14-19(15-13-18)26-23(29)21-11-7-8-16-24(21,2)25;/h4-6,9-10,12-15,21H,3,7-8,11,16-17,25H2,1-2H3,(H,26,29);1H. The maximum absolute atomic E-state index is 12.7. The van der Waals surface area contributed by atoms with E-state index in [4.69, 9.17) is 5.73 Å². The lowest BCUT2D eigenvalue weighted by atomic mass is 9.74. The highest BCUT2D eigenvalue weighted by Gasteiger charge is 2.37. The molecule has 3 rings (SSSR count). The Morgan fingerprint density at radius 2 is 1.77 bits per heavy atom. The molecule has 2 aromatic rings. The van der Waals surface area contributed by atoms with Crippen molar-refractivity contribution in [2.24, 2.45) is 11.7 Å². The molecular formula is C24H32ClN3O2. The average Bonchev–Trinajstić information content (AvgIpc) is 2.70. The van der Waals surface area contributed by atoms with Crippen molar-refractivity contribution in [3.63, 3.8) is 0 Å². The number of anilines is 2. The van der Waals surface area contributed by atoms with Crippen LogP contribution in [-0.4, -0.2) is 23.9 Å². The third-order valence-corrected chi connectivity index (χ3v) is 5.83. The molecule has 0 bridgehead atoms. The van der Waals surface area contributed by atoms with Gasteiger partial charge in [-0.15, -0.1) is 12.4 Å². The molecule has 0 spiro atoms. The van der Waals surface area contributed by atoms with Crippen molar-refractivity contribution >= 4 is 35.6 Å². The molecule has 0 heterocycles. The number of carbonyl (C=O) groups excluding carboxylic acids is 2. The predicted octanol–water partition coefficient (Wildman–Crippen LogP) is 4.55. The van der Waals surface area contributed by atoms with Gasteiger partial charge in [0.05, 0.1) is 12.3 Å². The van der Waals surface area contributed by atoms with Gasteiger partial charge in [0, 0.05) is 23.5 Å². The first-order chi connectivity index (χ1) is 13.9. The molecule has 30 heavy (non-hydrogen) atoms. The van der Waals surface area contributed by atoms with Gasteiger partial charge >= 0.3 is 0 Å². The number of amides is 2. The number of hydrogen-bond donors (Lipinski definition) is 2. The lowest BCUT2D eigenvalue weighted by Gasteiger charge is -2.37. The van der Waals surface area contributed by atoms with E-state index in [-0.39, 0.29) is 30.1 Å². The van der Waals surface area contributed by atoms with Gasteiger partial charge in [-0.1, -0.05) is 43.2 Å². The van der Waals surface area contributed by atoms with E-state index in [9.17, 15) is 9.59 Å². The number of rotatable bonds is 6.